The van der Waals surface area contributed by atoms with Crippen molar-refractivity contribution in [3.05, 3.63) is 47.7 Å². The van der Waals surface area contributed by atoms with Crippen LogP contribution in [0.25, 0.3) is 32.9 Å². The van der Waals surface area contributed by atoms with E-state index in [0.29, 0.717) is 55.5 Å². The maximum absolute atomic E-state index is 16.8. The highest BCUT2D eigenvalue weighted by Crippen LogP contribution is 2.47. The van der Waals surface area contributed by atoms with E-state index in [-0.39, 0.29) is 50.8 Å². The average Bonchev–Trinajstić information content (AvgIpc) is 3.35. The van der Waals surface area contributed by atoms with E-state index < -0.39 is 11.6 Å². The Morgan fingerprint density at radius 1 is 1.18 bits per heavy atom. The minimum Gasteiger partial charge on any atom is -0.508 e. The zero-order valence-corrected chi connectivity index (χ0v) is 25.7. The zero-order valence-electron chi connectivity index (χ0n) is 25.7. The number of hydrogen-bond donors (Lipinski definition) is 1. The number of anilines is 1. The van der Waals surface area contributed by atoms with Crippen LogP contribution in [-0.2, 0) is 4.74 Å². The second-order valence-electron chi connectivity index (χ2n) is 12.9. The molecule has 1 N–H and O–H groups in total. The molecule has 4 aromatic rings. The van der Waals surface area contributed by atoms with Crippen LogP contribution in [0.3, 0.4) is 0 Å². The van der Waals surface area contributed by atoms with Crippen molar-refractivity contribution in [1.82, 2.24) is 19.9 Å². The lowest BCUT2D eigenvalue weighted by Gasteiger charge is -2.44. The number of aromatic nitrogens is 3. The first-order valence-corrected chi connectivity index (χ1v) is 15.7. The van der Waals surface area contributed by atoms with Crippen LogP contribution in [0.15, 0.2) is 30.5 Å². The second-order valence-corrected chi connectivity index (χ2v) is 12.9. The van der Waals surface area contributed by atoms with Crippen molar-refractivity contribution < 1.29 is 23.4 Å². The Kier molecular flexibility index (Phi) is 7.70. The number of benzene rings is 2. The molecule has 3 atom stereocenters. The van der Waals surface area contributed by atoms with Crippen LogP contribution in [0, 0.1) is 35.3 Å². The van der Waals surface area contributed by atoms with Crippen molar-refractivity contribution in [1.29, 1.82) is 0 Å². The molecule has 45 heavy (non-hydrogen) atoms. The molecule has 2 unspecified atom stereocenters. The van der Waals surface area contributed by atoms with Gasteiger partial charge in [0.25, 0.3) is 0 Å². The van der Waals surface area contributed by atoms with Crippen molar-refractivity contribution in [2.24, 2.45) is 11.3 Å². The molecule has 0 radical (unpaired) electrons. The molecule has 1 aliphatic carbocycles. The molecule has 3 aliphatic rings. The van der Waals surface area contributed by atoms with Crippen molar-refractivity contribution in [2.75, 3.05) is 51.4 Å². The summed E-state index contributed by atoms with van der Waals surface area (Å²) in [4.78, 5) is 18.5. The highest BCUT2D eigenvalue weighted by atomic mass is 19.1. The van der Waals surface area contributed by atoms with E-state index in [1.165, 1.54) is 30.5 Å². The number of phenolic OH excluding ortho intramolecular Hbond substituents is 1. The average molecular weight is 614 g/mol. The second kappa shape index (κ2) is 11.7. The first-order valence-electron chi connectivity index (χ1n) is 15.7. The van der Waals surface area contributed by atoms with Gasteiger partial charge in [0.15, 0.2) is 5.82 Å². The molecule has 10 heteroatoms. The molecule has 2 aliphatic heterocycles. The predicted molar refractivity (Wildman–Crippen MR) is 169 cm³/mol. The predicted octanol–water partition coefficient (Wildman–Crippen LogP) is 5.93. The fourth-order valence-electron chi connectivity index (χ4n) is 7.82. The van der Waals surface area contributed by atoms with E-state index in [1.54, 1.807) is 0 Å². The van der Waals surface area contributed by atoms with Crippen molar-refractivity contribution in [3.8, 4) is 35.4 Å². The van der Waals surface area contributed by atoms with Crippen LogP contribution < -0.4 is 9.64 Å². The van der Waals surface area contributed by atoms with Gasteiger partial charge in [0.05, 0.1) is 30.8 Å². The molecule has 7 rings (SSSR count). The third-order valence-electron chi connectivity index (χ3n) is 9.90. The van der Waals surface area contributed by atoms with Gasteiger partial charge in [-0.05, 0) is 68.8 Å². The van der Waals surface area contributed by atoms with Gasteiger partial charge in [-0.25, -0.2) is 8.78 Å². The summed E-state index contributed by atoms with van der Waals surface area (Å²) in [6, 6.07) is 6.10. The van der Waals surface area contributed by atoms with Crippen molar-refractivity contribution in [2.45, 2.75) is 45.1 Å². The number of aromatic hydroxyl groups is 1. The molecule has 2 aromatic carbocycles. The van der Waals surface area contributed by atoms with Gasteiger partial charge in [0.2, 0.25) is 0 Å². The third-order valence-corrected chi connectivity index (χ3v) is 9.90. The van der Waals surface area contributed by atoms with Gasteiger partial charge in [-0.3, -0.25) is 4.98 Å². The zero-order chi connectivity index (χ0) is 31.3. The normalized spacial score (nSPS) is 24.0. The molecular weight excluding hydrogens is 576 g/mol. The molecule has 2 saturated heterocycles. The standard InChI is InChI=1S/C35H37F2N5O3/c1-4-24-27(36)9-8-22-15-23(43)16-25(29(22)24)31-30(37)32-26(17-38-31)33(42-13-14-44-19-21(2)18-42)40-34(39-32)45-20-35-10-5-7-28(35)41(3)12-6-11-35/h1,8-9,15-17,21,28,43H,5-7,10-14,18-20H2,2-3H3/t21?,28?,35-/m1/s1. The quantitative estimate of drug-likeness (QED) is 0.278. The number of fused-ring (bicyclic) bond motifs is 3. The lowest BCUT2D eigenvalue weighted by molar-refractivity contribution is 0.0133. The van der Waals surface area contributed by atoms with Crippen molar-refractivity contribution in [3.63, 3.8) is 0 Å². The summed E-state index contributed by atoms with van der Waals surface area (Å²) in [5.41, 5.74) is 0.0900. The molecular formula is C35H37F2N5O3. The van der Waals surface area contributed by atoms with Gasteiger partial charge in [0.1, 0.15) is 28.6 Å². The fraction of sp³-hybridized carbons (Fsp3) is 0.457. The summed E-state index contributed by atoms with van der Waals surface area (Å²) in [5.74, 6) is 1.68. The van der Waals surface area contributed by atoms with E-state index in [4.69, 9.17) is 20.9 Å². The van der Waals surface area contributed by atoms with Crippen LogP contribution in [0.4, 0.5) is 14.6 Å². The van der Waals surface area contributed by atoms with Gasteiger partial charge < -0.3 is 24.4 Å². The number of rotatable bonds is 5. The Bertz CT molecular complexity index is 1830. The van der Waals surface area contributed by atoms with Crippen LogP contribution >= 0.6 is 0 Å². The SMILES string of the molecule is C#Cc1c(F)ccc2cc(O)cc(-c3ncc4c(N5CCOCC(C)C5)nc(OC[C@]56CCCC5N(C)CCC6)nc4c3F)c12. The number of likely N-dealkylation sites (tertiary alicyclic amines) is 1. The van der Waals surface area contributed by atoms with Gasteiger partial charge in [-0.2, -0.15) is 9.97 Å². The van der Waals surface area contributed by atoms with E-state index >= 15 is 4.39 Å². The van der Waals surface area contributed by atoms with Gasteiger partial charge >= 0.3 is 6.01 Å². The van der Waals surface area contributed by atoms with Gasteiger partial charge in [0, 0.05) is 41.7 Å². The Labute approximate surface area is 261 Å². The number of hydrogen-bond acceptors (Lipinski definition) is 8. The summed E-state index contributed by atoms with van der Waals surface area (Å²) in [7, 11) is 2.18. The monoisotopic (exact) mass is 613 g/mol. The van der Waals surface area contributed by atoms with E-state index in [1.807, 2.05) is 0 Å². The topological polar surface area (TPSA) is 83.8 Å². The summed E-state index contributed by atoms with van der Waals surface area (Å²) < 4.78 is 43.9. The van der Waals surface area contributed by atoms with E-state index in [2.05, 4.69) is 39.7 Å². The third kappa shape index (κ3) is 5.22. The summed E-state index contributed by atoms with van der Waals surface area (Å²) in [5, 5.41) is 11.7. The molecule has 0 spiro atoms. The number of piperidine rings is 1. The highest BCUT2D eigenvalue weighted by Gasteiger charge is 2.47. The number of terminal acetylenes is 1. The van der Waals surface area contributed by atoms with Crippen LogP contribution in [0.2, 0.25) is 0 Å². The minimum atomic E-state index is -0.728. The van der Waals surface area contributed by atoms with Gasteiger partial charge in [-0.1, -0.05) is 25.3 Å². The molecule has 0 bridgehead atoms. The molecule has 1 saturated carbocycles. The number of nitrogens with zero attached hydrogens (tertiary/aromatic N) is 5. The number of halogens is 2. The number of pyridine rings is 1. The summed E-state index contributed by atoms with van der Waals surface area (Å²) in [6.45, 7) is 5.99. The summed E-state index contributed by atoms with van der Waals surface area (Å²) in [6.07, 6.45) is 12.8. The smallest absolute Gasteiger partial charge is 0.319 e. The maximum Gasteiger partial charge on any atom is 0.319 e. The Morgan fingerprint density at radius 2 is 2.02 bits per heavy atom. The fourth-order valence-corrected chi connectivity index (χ4v) is 7.82. The Balaban J connectivity index is 1.38. The molecule has 2 aromatic heterocycles. The highest BCUT2D eigenvalue weighted by molar-refractivity contribution is 6.03. The lowest BCUT2D eigenvalue weighted by atomic mass is 9.76. The van der Waals surface area contributed by atoms with Crippen LogP contribution in [0.1, 0.15) is 44.6 Å². The van der Waals surface area contributed by atoms with Crippen LogP contribution in [0.5, 0.6) is 11.8 Å². The first-order chi connectivity index (χ1) is 21.8. The maximum atomic E-state index is 16.8. The Hall–Kier alpha value is -4.07. The molecule has 234 valence electrons. The lowest BCUT2D eigenvalue weighted by Crippen LogP contribution is -2.50. The largest absolute Gasteiger partial charge is 0.508 e. The van der Waals surface area contributed by atoms with E-state index in [9.17, 15) is 9.50 Å². The summed E-state index contributed by atoms with van der Waals surface area (Å²) >= 11 is 0. The molecule has 4 heterocycles. The Morgan fingerprint density at radius 3 is 2.87 bits per heavy atom. The van der Waals surface area contributed by atoms with Gasteiger partial charge in [-0.15, -0.1) is 6.42 Å². The first kappa shape index (κ1) is 29.6. The number of ether oxygens (including phenoxy) is 2. The minimum absolute atomic E-state index is 0.00850. The molecule has 8 nitrogen and oxygen atoms in total. The molecule has 3 fully saturated rings. The van der Waals surface area contributed by atoms with E-state index in [0.717, 1.165) is 38.6 Å². The van der Waals surface area contributed by atoms with Crippen molar-refractivity contribution >= 4 is 27.5 Å². The van der Waals surface area contributed by atoms with Crippen LogP contribution in [-0.4, -0.2) is 77.5 Å². The molecule has 0 amide bonds. The number of phenols is 1.